The maximum atomic E-state index is 11.3. The van der Waals surface area contributed by atoms with Gasteiger partial charge in [-0.05, 0) is 105 Å². The Morgan fingerprint density at radius 3 is 1.23 bits per heavy atom. The van der Waals surface area contributed by atoms with Crippen LogP contribution in [0.4, 0.5) is 0 Å². The predicted molar refractivity (Wildman–Crippen MR) is 242 cm³/mol. The fourth-order valence-corrected chi connectivity index (χ4v) is 8.76. The van der Waals surface area contributed by atoms with E-state index in [4.69, 9.17) is 4.42 Å². The summed E-state index contributed by atoms with van der Waals surface area (Å²) in [5.74, 6) is 0. The monoisotopic (exact) mass is 747 g/mol. The van der Waals surface area contributed by atoms with Crippen molar-refractivity contribution in [1.82, 2.24) is 9.13 Å². The number of aromatic nitrogens is 2. The van der Waals surface area contributed by atoms with E-state index in [1.54, 1.807) is 0 Å². The van der Waals surface area contributed by atoms with Gasteiger partial charge in [-0.15, -0.1) is 0 Å². The first kappa shape index (κ1) is 36.8. The Balaban J connectivity index is 1.45. The number of fused-ring (bicyclic) bond motifs is 9. The van der Waals surface area contributed by atoms with Gasteiger partial charge in [-0.2, -0.15) is 5.26 Å². The molecule has 0 fully saturated rings. The average molecular weight is 748 g/mol. The molecular formula is C53H53N3O. The number of nitrogens with zero attached hydrogens (tertiary/aromatic N) is 3. The van der Waals surface area contributed by atoms with Gasteiger partial charge in [0.25, 0.3) is 0 Å². The molecule has 0 aliphatic carbocycles. The quantitative estimate of drug-likeness (QED) is 0.177. The van der Waals surface area contributed by atoms with Gasteiger partial charge in [0.15, 0.2) is 5.58 Å². The van der Waals surface area contributed by atoms with Crippen molar-refractivity contribution in [2.24, 2.45) is 0 Å². The van der Waals surface area contributed by atoms with Gasteiger partial charge >= 0.3 is 0 Å². The Morgan fingerprint density at radius 1 is 0.456 bits per heavy atom. The number of hydrogen-bond donors (Lipinski definition) is 0. The zero-order valence-electron chi connectivity index (χ0n) is 35.6. The van der Waals surface area contributed by atoms with Crippen LogP contribution in [0.2, 0.25) is 0 Å². The second kappa shape index (κ2) is 12.1. The first-order valence-corrected chi connectivity index (χ1v) is 20.3. The lowest BCUT2D eigenvalue weighted by molar-refractivity contribution is 0.590. The van der Waals surface area contributed by atoms with Crippen molar-refractivity contribution in [3.8, 4) is 17.4 Å². The lowest BCUT2D eigenvalue weighted by atomic mass is 9.85. The summed E-state index contributed by atoms with van der Waals surface area (Å²) in [5.41, 5.74) is 13.1. The van der Waals surface area contributed by atoms with Gasteiger partial charge in [0.05, 0.1) is 38.7 Å². The van der Waals surface area contributed by atoms with Crippen molar-refractivity contribution in [2.75, 3.05) is 0 Å². The summed E-state index contributed by atoms with van der Waals surface area (Å²) in [6.07, 6.45) is 0. The number of rotatable bonds is 2. The van der Waals surface area contributed by atoms with E-state index in [9.17, 15) is 5.26 Å². The first-order valence-electron chi connectivity index (χ1n) is 20.3. The molecule has 0 saturated heterocycles. The van der Waals surface area contributed by atoms with Gasteiger partial charge in [0.2, 0.25) is 0 Å². The minimum absolute atomic E-state index is 0.0164. The number of benzene rings is 6. The number of para-hydroxylation sites is 1. The van der Waals surface area contributed by atoms with E-state index in [1.807, 2.05) is 12.1 Å². The molecule has 3 aromatic heterocycles. The Labute approximate surface area is 336 Å². The zero-order chi connectivity index (χ0) is 40.6. The fraction of sp³-hybridized carbons (Fsp3) is 0.302. The molecule has 6 aromatic carbocycles. The van der Waals surface area contributed by atoms with Crippen LogP contribution in [0, 0.1) is 11.3 Å². The Bertz CT molecular complexity index is 3020. The van der Waals surface area contributed by atoms with Gasteiger partial charge in [0.1, 0.15) is 17.3 Å². The molecular weight excluding hydrogens is 695 g/mol. The molecule has 0 radical (unpaired) electrons. The fourth-order valence-electron chi connectivity index (χ4n) is 8.76. The summed E-state index contributed by atoms with van der Waals surface area (Å²) in [6.45, 7) is 27.2. The molecule has 0 atom stereocenters. The Hall–Kier alpha value is -5.79. The largest absolute Gasteiger partial charge is 0.454 e. The van der Waals surface area contributed by atoms with Crippen molar-refractivity contribution < 1.29 is 4.42 Å². The third-order valence-electron chi connectivity index (χ3n) is 12.2. The summed E-state index contributed by atoms with van der Waals surface area (Å²) in [7, 11) is 0. The summed E-state index contributed by atoms with van der Waals surface area (Å²) in [4.78, 5) is 0. The van der Waals surface area contributed by atoms with Crippen LogP contribution in [0.3, 0.4) is 0 Å². The highest BCUT2D eigenvalue weighted by Gasteiger charge is 2.28. The van der Waals surface area contributed by atoms with Gasteiger partial charge in [-0.3, -0.25) is 0 Å². The van der Waals surface area contributed by atoms with Crippen LogP contribution in [0.15, 0.2) is 108 Å². The van der Waals surface area contributed by atoms with Gasteiger partial charge in [-0.1, -0.05) is 126 Å². The molecule has 9 rings (SSSR count). The molecule has 0 bridgehead atoms. The second-order valence-corrected chi connectivity index (χ2v) is 20.3. The second-order valence-electron chi connectivity index (χ2n) is 20.3. The summed E-state index contributed by atoms with van der Waals surface area (Å²) >= 11 is 0. The Kier molecular flexibility index (Phi) is 7.82. The lowest BCUT2D eigenvalue weighted by Gasteiger charge is -2.20. The summed E-state index contributed by atoms with van der Waals surface area (Å²) < 4.78 is 11.7. The van der Waals surface area contributed by atoms with Crippen LogP contribution in [0.5, 0.6) is 0 Å². The van der Waals surface area contributed by atoms with Crippen molar-refractivity contribution in [3.63, 3.8) is 0 Å². The molecule has 0 unspecified atom stereocenters. The van der Waals surface area contributed by atoms with Crippen molar-refractivity contribution in [2.45, 2.75) is 105 Å². The minimum atomic E-state index is -0.0285. The third kappa shape index (κ3) is 5.69. The maximum absolute atomic E-state index is 11.3. The van der Waals surface area contributed by atoms with Gasteiger partial charge in [-0.25, -0.2) is 0 Å². The van der Waals surface area contributed by atoms with E-state index in [1.165, 1.54) is 43.8 Å². The van der Waals surface area contributed by atoms with Crippen LogP contribution in [-0.4, -0.2) is 9.13 Å². The molecule has 4 nitrogen and oxygen atoms in total. The van der Waals surface area contributed by atoms with Crippen LogP contribution < -0.4 is 0 Å². The zero-order valence-corrected chi connectivity index (χ0v) is 35.6. The van der Waals surface area contributed by atoms with E-state index in [2.05, 4.69) is 189 Å². The lowest BCUT2D eigenvalue weighted by Crippen LogP contribution is -2.10. The molecule has 9 aromatic rings. The van der Waals surface area contributed by atoms with Crippen LogP contribution in [0.1, 0.15) is 111 Å². The van der Waals surface area contributed by atoms with E-state index in [-0.39, 0.29) is 21.7 Å². The normalized spacial score (nSPS) is 13.2. The molecule has 0 spiro atoms. The SMILES string of the molecule is CC(C)(C)c1ccc2c(c1)c1cc(C(C)(C)C)ccc1n2-c1c(C#N)cc(-n2c3ccc(C(C)(C)C)cc3c3cc(C(C)(C)C)ccc32)c2c1oc1ccccc12. The summed E-state index contributed by atoms with van der Waals surface area (Å²) in [5, 5.41) is 18.1. The number of furan rings is 1. The molecule has 0 amide bonds. The number of nitriles is 1. The van der Waals surface area contributed by atoms with Crippen molar-refractivity contribution in [3.05, 3.63) is 131 Å². The highest BCUT2D eigenvalue weighted by Crippen LogP contribution is 2.46. The molecule has 3 heterocycles. The highest BCUT2D eigenvalue weighted by atomic mass is 16.3. The van der Waals surface area contributed by atoms with Crippen LogP contribution in [0.25, 0.3) is 76.9 Å². The minimum Gasteiger partial charge on any atom is -0.454 e. The molecule has 286 valence electrons. The molecule has 0 aliphatic rings. The van der Waals surface area contributed by atoms with E-state index in [0.717, 1.165) is 49.8 Å². The van der Waals surface area contributed by atoms with Crippen molar-refractivity contribution in [1.29, 1.82) is 5.26 Å². The van der Waals surface area contributed by atoms with E-state index in [0.29, 0.717) is 11.1 Å². The van der Waals surface area contributed by atoms with E-state index >= 15 is 0 Å². The number of hydrogen-bond acceptors (Lipinski definition) is 2. The molecule has 57 heavy (non-hydrogen) atoms. The van der Waals surface area contributed by atoms with Crippen molar-refractivity contribution >= 4 is 65.6 Å². The highest BCUT2D eigenvalue weighted by molar-refractivity contribution is 6.18. The molecule has 0 aliphatic heterocycles. The third-order valence-corrected chi connectivity index (χ3v) is 12.2. The Morgan fingerprint density at radius 2 is 0.842 bits per heavy atom. The summed E-state index contributed by atoms with van der Waals surface area (Å²) in [6, 6.07) is 40.6. The first-order chi connectivity index (χ1) is 26.8. The van der Waals surface area contributed by atoms with Gasteiger partial charge < -0.3 is 13.6 Å². The molecule has 4 heteroatoms. The smallest absolute Gasteiger partial charge is 0.162 e. The van der Waals surface area contributed by atoms with E-state index < -0.39 is 0 Å². The topological polar surface area (TPSA) is 46.8 Å². The maximum Gasteiger partial charge on any atom is 0.162 e. The molecule has 0 saturated carbocycles. The average Bonchev–Trinajstić information content (AvgIpc) is 3.80. The molecule has 0 N–H and O–H groups in total. The van der Waals surface area contributed by atoms with Crippen LogP contribution >= 0.6 is 0 Å². The van der Waals surface area contributed by atoms with Crippen LogP contribution in [-0.2, 0) is 21.7 Å². The standard InChI is InChI=1S/C53H53N3O/c1-50(2,3)32-17-21-41-37(26-32)38-27-33(51(4,5)6)18-22-42(38)55(41)45-25-31(30-54)48(49-47(45)36-15-13-14-16-46(36)57-49)56-43-23-19-34(52(7,8)9)28-39(43)40-29-35(53(10,11)12)20-24-44(40)56/h13-29H,1-12H3. The van der Waals surface area contributed by atoms with Gasteiger partial charge in [0, 0.05) is 26.9 Å². The predicted octanol–water partition coefficient (Wildman–Crippen LogP) is 14.8.